The first-order valence-corrected chi connectivity index (χ1v) is 12.5. The molecule has 2 aromatic rings. The van der Waals surface area contributed by atoms with E-state index >= 15 is 0 Å². The molecular weight excluding hydrogens is 396 g/mol. The van der Waals surface area contributed by atoms with Gasteiger partial charge >= 0.3 is 0 Å². The maximum Gasteiger partial charge on any atom is 0.191 e. The van der Waals surface area contributed by atoms with Crippen LogP contribution in [0.4, 0.5) is 0 Å². The lowest BCUT2D eigenvalue weighted by Gasteiger charge is -2.08. The summed E-state index contributed by atoms with van der Waals surface area (Å²) in [6.45, 7) is 4.09. The van der Waals surface area contributed by atoms with Gasteiger partial charge in [0.15, 0.2) is 20.8 Å². The van der Waals surface area contributed by atoms with Crippen molar-refractivity contribution in [2.45, 2.75) is 50.7 Å². The van der Waals surface area contributed by atoms with E-state index in [1.165, 1.54) is 24.6 Å². The van der Waals surface area contributed by atoms with E-state index in [2.05, 4.69) is 21.7 Å². The van der Waals surface area contributed by atoms with E-state index in [9.17, 15) is 13.2 Å². The number of aryl methyl sites for hydroxylation is 1. The average Bonchev–Trinajstić information content (AvgIpc) is 3.23. The van der Waals surface area contributed by atoms with E-state index in [0.29, 0.717) is 29.8 Å². The van der Waals surface area contributed by atoms with Gasteiger partial charge in [0.2, 0.25) is 0 Å². The van der Waals surface area contributed by atoms with Crippen molar-refractivity contribution in [3.63, 3.8) is 0 Å². The second-order valence-electron chi connectivity index (χ2n) is 8.03. The smallest absolute Gasteiger partial charge is 0.191 e. The lowest BCUT2D eigenvalue weighted by molar-refractivity contribution is 0.102. The Balaban J connectivity index is 1.40. The molecule has 0 spiro atoms. The molecule has 1 aliphatic heterocycles. The summed E-state index contributed by atoms with van der Waals surface area (Å²) in [6.07, 6.45) is 3.69. The summed E-state index contributed by atoms with van der Waals surface area (Å²) in [5.41, 5.74) is 3.02. The van der Waals surface area contributed by atoms with Gasteiger partial charge in [-0.3, -0.25) is 4.79 Å². The molecular formula is C19H26N4O3S2. The van der Waals surface area contributed by atoms with Crippen molar-refractivity contribution in [3.05, 3.63) is 28.8 Å². The number of Topliss-reactive ketones (excluding diaryl/α,β-unsaturated/α-hetero) is 1. The Hall–Kier alpha value is -1.61. The van der Waals surface area contributed by atoms with Crippen molar-refractivity contribution in [1.82, 2.24) is 19.3 Å². The number of ketones is 1. The summed E-state index contributed by atoms with van der Waals surface area (Å²) in [4.78, 5) is 12.8. The molecule has 2 aliphatic rings. The van der Waals surface area contributed by atoms with E-state index in [4.69, 9.17) is 0 Å². The number of aromatic nitrogens is 4. The molecule has 1 aliphatic carbocycles. The molecule has 0 aromatic carbocycles. The Morgan fingerprint density at radius 2 is 2.00 bits per heavy atom. The van der Waals surface area contributed by atoms with Crippen molar-refractivity contribution < 1.29 is 13.2 Å². The van der Waals surface area contributed by atoms with Gasteiger partial charge in [0.25, 0.3) is 0 Å². The normalized spacial score (nSPS) is 21.3. The van der Waals surface area contributed by atoms with E-state index in [0.717, 1.165) is 22.8 Å². The number of hydrogen-bond acceptors (Lipinski definition) is 6. The minimum atomic E-state index is -2.89. The summed E-state index contributed by atoms with van der Waals surface area (Å²) in [5.74, 6) is 1.82. The largest absolute Gasteiger partial charge is 0.345 e. The van der Waals surface area contributed by atoms with Gasteiger partial charge in [-0.2, -0.15) is 0 Å². The van der Waals surface area contributed by atoms with Crippen LogP contribution in [0.5, 0.6) is 0 Å². The van der Waals surface area contributed by atoms with Crippen LogP contribution in [0.2, 0.25) is 0 Å². The average molecular weight is 423 g/mol. The standard InChI is InChI=1S/C19H26N4O3S2/c1-12-8-16(13(2)23(12)15-4-5-15)17(24)10-27-19-21-20-18(22(19)3)9-14-6-7-28(25,26)11-14/h8,14-15H,4-7,9-11H2,1-3H3/t14-/m1/s1. The molecule has 152 valence electrons. The van der Waals surface area contributed by atoms with Crippen LogP contribution in [0.25, 0.3) is 0 Å². The highest BCUT2D eigenvalue weighted by Crippen LogP contribution is 2.38. The lowest BCUT2D eigenvalue weighted by atomic mass is 10.1. The Labute approximate surface area is 169 Å². The summed E-state index contributed by atoms with van der Waals surface area (Å²) in [5, 5.41) is 9.13. The minimum absolute atomic E-state index is 0.108. The fourth-order valence-corrected chi connectivity index (χ4v) is 6.78. The third kappa shape index (κ3) is 3.91. The van der Waals surface area contributed by atoms with Crippen LogP contribution < -0.4 is 0 Å². The quantitative estimate of drug-likeness (QED) is 0.503. The monoisotopic (exact) mass is 422 g/mol. The van der Waals surface area contributed by atoms with Crippen LogP contribution >= 0.6 is 11.8 Å². The van der Waals surface area contributed by atoms with Gasteiger partial charge in [0.1, 0.15) is 5.82 Å². The molecule has 1 saturated carbocycles. The van der Waals surface area contributed by atoms with Gasteiger partial charge < -0.3 is 9.13 Å². The van der Waals surface area contributed by atoms with Crippen molar-refractivity contribution >= 4 is 27.4 Å². The van der Waals surface area contributed by atoms with Crippen LogP contribution in [0.1, 0.15) is 52.9 Å². The number of carbonyl (C=O) groups is 1. The van der Waals surface area contributed by atoms with Gasteiger partial charge in [-0.15, -0.1) is 10.2 Å². The third-order valence-corrected chi connectivity index (χ3v) is 8.61. The van der Waals surface area contributed by atoms with E-state index in [1.807, 2.05) is 24.6 Å². The molecule has 0 radical (unpaired) electrons. The van der Waals surface area contributed by atoms with Gasteiger partial charge in [-0.1, -0.05) is 11.8 Å². The molecule has 3 heterocycles. The molecule has 7 nitrogen and oxygen atoms in total. The Bertz CT molecular complexity index is 1020. The van der Waals surface area contributed by atoms with Gasteiger partial charge in [0, 0.05) is 36.5 Å². The summed E-state index contributed by atoms with van der Waals surface area (Å²) in [6, 6.07) is 2.56. The highest BCUT2D eigenvalue weighted by molar-refractivity contribution is 7.99. The summed E-state index contributed by atoms with van der Waals surface area (Å²) < 4.78 is 27.5. The topological polar surface area (TPSA) is 86.9 Å². The molecule has 28 heavy (non-hydrogen) atoms. The highest BCUT2D eigenvalue weighted by atomic mass is 32.2. The van der Waals surface area contributed by atoms with Crippen LogP contribution in [0.15, 0.2) is 11.2 Å². The Morgan fingerprint density at radius 1 is 1.25 bits per heavy atom. The summed E-state index contributed by atoms with van der Waals surface area (Å²) in [7, 11) is -1.01. The van der Waals surface area contributed by atoms with E-state index in [-0.39, 0.29) is 23.2 Å². The second kappa shape index (κ2) is 7.33. The molecule has 0 N–H and O–H groups in total. The molecule has 2 aromatic heterocycles. The maximum atomic E-state index is 12.8. The van der Waals surface area contributed by atoms with E-state index < -0.39 is 9.84 Å². The van der Waals surface area contributed by atoms with Gasteiger partial charge in [0.05, 0.1) is 17.3 Å². The molecule has 4 rings (SSSR count). The molecule has 1 saturated heterocycles. The Kier molecular flexibility index (Phi) is 5.16. The predicted octanol–water partition coefficient (Wildman–Crippen LogP) is 2.52. The number of hydrogen-bond donors (Lipinski definition) is 0. The summed E-state index contributed by atoms with van der Waals surface area (Å²) >= 11 is 1.39. The van der Waals surface area contributed by atoms with Crippen molar-refractivity contribution in [1.29, 1.82) is 0 Å². The van der Waals surface area contributed by atoms with Gasteiger partial charge in [-0.05, 0) is 45.1 Å². The Morgan fingerprint density at radius 3 is 2.64 bits per heavy atom. The molecule has 0 bridgehead atoms. The number of carbonyl (C=O) groups excluding carboxylic acids is 1. The number of thioether (sulfide) groups is 1. The number of sulfone groups is 1. The first kappa shape index (κ1) is 19.7. The fraction of sp³-hybridized carbons (Fsp3) is 0.632. The third-order valence-electron chi connectivity index (χ3n) is 5.75. The van der Waals surface area contributed by atoms with Crippen molar-refractivity contribution in [2.24, 2.45) is 13.0 Å². The van der Waals surface area contributed by atoms with Crippen LogP contribution in [0, 0.1) is 19.8 Å². The minimum Gasteiger partial charge on any atom is -0.345 e. The number of rotatable bonds is 7. The molecule has 0 amide bonds. The van der Waals surface area contributed by atoms with Gasteiger partial charge in [-0.25, -0.2) is 8.42 Å². The predicted molar refractivity (Wildman–Crippen MR) is 109 cm³/mol. The maximum absolute atomic E-state index is 12.8. The van der Waals surface area contributed by atoms with Crippen LogP contribution in [0.3, 0.4) is 0 Å². The second-order valence-corrected chi connectivity index (χ2v) is 11.2. The number of nitrogens with zero attached hydrogens (tertiary/aromatic N) is 4. The first-order valence-electron chi connectivity index (χ1n) is 9.68. The van der Waals surface area contributed by atoms with Crippen molar-refractivity contribution in [3.8, 4) is 0 Å². The molecule has 2 fully saturated rings. The highest BCUT2D eigenvalue weighted by Gasteiger charge is 2.30. The zero-order valence-electron chi connectivity index (χ0n) is 16.5. The molecule has 1 atom stereocenters. The fourth-order valence-electron chi connectivity index (χ4n) is 4.10. The SMILES string of the molecule is Cc1cc(C(=O)CSc2nnc(C[C@H]3CCS(=O)(=O)C3)n2C)c(C)n1C1CC1. The molecule has 9 heteroatoms. The van der Waals surface area contributed by atoms with Crippen LogP contribution in [-0.2, 0) is 23.3 Å². The van der Waals surface area contributed by atoms with Crippen molar-refractivity contribution in [2.75, 3.05) is 17.3 Å². The zero-order chi connectivity index (χ0) is 20.1. The zero-order valence-corrected chi connectivity index (χ0v) is 18.1. The molecule has 0 unspecified atom stereocenters. The first-order chi connectivity index (χ1) is 13.2. The van der Waals surface area contributed by atoms with E-state index in [1.54, 1.807) is 0 Å². The van der Waals surface area contributed by atoms with Crippen LogP contribution in [-0.4, -0.2) is 50.8 Å². The lowest BCUT2D eigenvalue weighted by Crippen LogP contribution is -2.11.